The van der Waals surface area contributed by atoms with Crippen LogP contribution in [-0.4, -0.2) is 24.4 Å². The van der Waals surface area contributed by atoms with E-state index in [0.29, 0.717) is 11.6 Å². The average molecular weight is 413 g/mol. The molecule has 24 heavy (non-hydrogen) atoms. The van der Waals surface area contributed by atoms with Crippen LogP contribution >= 0.6 is 27.5 Å². The third kappa shape index (κ3) is 4.97. The van der Waals surface area contributed by atoms with Gasteiger partial charge < -0.3 is 15.2 Å². The van der Waals surface area contributed by atoms with Crippen LogP contribution in [0, 0.1) is 0 Å². The minimum absolute atomic E-state index is 0.229. The molecule has 0 fully saturated rings. The van der Waals surface area contributed by atoms with Crippen LogP contribution in [0.2, 0.25) is 5.02 Å². The van der Waals surface area contributed by atoms with Crippen molar-refractivity contribution in [1.29, 1.82) is 0 Å². The molecule has 2 unspecified atom stereocenters. The van der Waals surface area contributed by atoms with Crippen LogP contribution in [0.5, 0.6) is 0 Å². The molecule has 0 saturated carbocycles. The zero-order chi connectivity index (χ0) is 17.5. The third-order valence-corrected chi connectivity index (χ3v) is 4.87. The van der Waals surface area contributed by atoms with Crippen molar-refractivity contribution in [2.24, 2.45) is 0 Å². The molecule has 0 aliphatic heterocycles. The quantitative estimate of drug-likeness (QED) is 0.725. The molecular formula is C18H19BrClNO3. The summed E-state index contributed by atoms with van der Waals surface area (Å²) in [6.45, 7) is 2.26. The molecule has 0 aromatic heterocycles. The number of ether oxygens (including phenoxy) is 1. The van der Waals surface area contributed by atoms with Crippen molar-refractivity contribution in [2.75, 3.05) is 13.2 Å². The zero-order valence-corrected chi connectivity index (χ0v) is 15.5. The minimum Gasteiger partial charge on any atom is -0.450 e. The van der Waals surface area contributed by atoms with E-state index in [1.54, 1.807) is 13.0 Å². The summed E-state index contributed by atoms with van der Waals surface area (Å²) in [6.07, 6.45) is -1.30. The lowest BCUT2D eigenvalue weighted by Gasteiger charge is -2.24. The molecule has 6 heteroatoms. The molecule has 2 rings (SSSR count). The van der Waals surface area contributed by atoms with Gasteiger partial charge in [-0.05, 0) is 46.1 Å². The molecule has 2 aromatic carbocycles. The fourth-order valence-electron chi connectivity index (χ4n) is 2.41. The van der Waals surface area contributed by atoms with Crippen molar-refractivity contribution >= 4 is 33.6 Å². The Kier molecular flexibility index (Phi) is 7.09. The fourth-order valence-corrected chi connectivity index (χ4v) is 2.85. The predicted octanol–water partition coefficient (Wildman–Crippen LogP) is 4.67. The standard InChI is InChI=1S/C18H19BrClNO3/c1-2-24-18(23)21-11-14(13-8-9-15(19)16(20)10-13)17(22)12-6-4-3-5-7-12/h3-10,14,17,22H,2,11H2,1H3,(H,21,23). The lowest BCUT2D eigenvalue weighted by atomic mass is 9.89. The van der Waals surface area contributed by atoms with E-state index in [1.165, 1.54) is 0 Å². The number of halogens is 2. The van der Waals surface area contributed by atoms with Crippen molar-refractivity contribution in [3.05, 3.63) is 69.2 Å². The highest BCUT2D eigenvalue weighted by Gasteiger charge is 2.24. The number of alkyl carbamates (subject to hydrolysis) is 1. The van der Waals surface area contributed by atoms with E-state index in [9.17, 15) is 9.90 Å². The van der Waals surface area contributed by atoms with Gasteiger partial charge in [0.2, 0.25) is 0 Å². The van der Waals surface area contributed by atoms with Crippen LogP contribution in [0.15, 0.2) is 53.0 Å². The van der Waals surface area contributed by atoms with Crippen molar-refractivity contribution in [2.45, 2.75) is 18.9 Å². The minimum atomic E-state index is -0.787. The maximum Gasteiger partial charge on any atom is 0.407 e. The number of amides is 1. The van der Waals surface area contributed by atoms with Gasteiger partial charge in [0.25, 0.3) is 0 Å². The molecule has 1 amide bonds. The second-order valence-electron chi connectivity index (χ2n) is 5.24. The van der Waals surface area contributed by atoms with Gasteiger partial charge in [-0.25, -0.2) is 4.79 Å². The van der Waals surface area contributed by atoms with Crippen LogP contribution < -0.4 is 5.32 Å². The SMILES string of the molecule is CCOC(=O)NCC(c1ccc(Br)c(Cl)c1)C(O)c1ccccc1. The van der Waals surface area contributed by atoms with Gasteiger partial charge in [-0.2, -0.15) is 0 Å². The Bertz CT molecular complexity index is 681. The summed E-state index contributed by atoms with van der Waals surface area (Å²) in [6, 6.07) is 14.8. The molecular weight excluding hydrogens is 394 g/mol. The van der Waals surface area contributed by atoms with Crippen molar-refractivity contribution in [3.63, 3.8) is 0 Å². The largest absolute Gasteiger partial charge is 0.450 e. The van der Waals surface area contributed by atoms with Gasteiger partial charge in [0.1, 0.15) is 0 Å². The molecule has 0 heterocycles. The van der Waals surface area contributed by atoms with Gasteiger partial charge in [0.15, 0.2) is 0 Å². The van der Waals surface area contributed by atoms with Crippen LogP contribution in [0.3, 0.4) is 0 Å². The molecule has 0 aliphatic carbocycles. The fraction of sp³-hybridized carbons (Fsp3) is 0.278. The number of hydrogen-bond donors (Lipinski definition) is 2. The number of carbonyl (C=O) groups excluding carboxylic acids is 1. The summed E-state index contributed by atoms with van der Waals surface area (Å²) in [7, 11) is 0. The number of aliphatic hydroxyl groups is 1. The van der Waals surface area contributed by atoms with Crippen LogP contribution in [0.4, 0.5) is 4.79 Å². The molecule has 0 aliphatic rings. The molecule has 0 saturated heterocycles. The molecule has 128 valence electrons. The smallest absolute Gasteiger partial charge is 0.407 e. The molecule has 2 N–H and O–H groups in total. The lowest BCUT2D eigenvalue weighted by molar-refractivity contribution is 0.131. The number of carbonyl (C=O) groups is 1. The Morgan fingerprint density at radius 2 is 1.96 bits per heavy atom. The second kappa shape index (κ2) is 9.06. The summed E-state index contributed by atoms with van der Waals surface area (Å²) in [5.41, 5.74) is 1.60. The molecule has 0 spiro atoms. The monoisotopic (exact) mass is 411 g/mol. The van der Waals surface area contributed by atoms with Crippen molar-refractivity contribution in [3.8, 4) is 0 Å². The number of benzene rings is 2. The summed E-state index contributed by atoms with van der Waals surface area (Å²) < 4.78 is 5.67. The van der Waals surface area contributed by atoms with E-state index in [2.05, 4.69) is 21.2 Å². The van der Waals surface area contributed by atoms with Crippen LogP contribution in [0.25, 0.3) is 0 Å². The first-order valence-corrected chi connectivity index (χ1v) is 8.78. The topological polar surface area (TPSA) is 58.6 Å². The van der Waals surface area contributed by atoms with E-state index >= 15 is 0 Å². The summed E-state index contributed by atoms with van der Waals surface area (Å²) in [5.74, 6) is -0.359. The van der Waals surface area contributed by atoms with E-state index in [1.807, 2.05) is 42.5 Å². The Morgan fingerprint density at radius 1 is 1.25 bits per heavy atom. The van der Waals surface area contributed by atoms with Gasteiger partial charge in [0, 0.05) is 16.9 Å². The normalized spacial score (nSPS) is 13.2. The Hall–Kier alpha value is -1.56. The Labute approximate surface area is 154 Å². The first kappa shape index (κ1) is 18.8. The van der Waals surface area contributed by atoms with Crippen molar-refractivity contribution in [1.82, 2.24) is 5.32 Å². The molecule has 4 nitrogen and oxygen atoms in total. The molecule has 2 atom stereocenters. The first-order valence-electron chi connectivity index (χ1n) is 7.61. The summed E-state index contributed by atoms with van der Waals surface area (Å²) >= 11 is 9.54. The van der Waals surface area contributed by atoms with Gasteiger partial charge in [-0.1, -0.05) is 48.0 Å². The maximum atomic E-state index is 11.6. The van der Waals surface area contributed by atoms with Crippen molar-refractivity contribution < 1.29 is 14.6 Å². The third-order valence-electron chi connectivity index (χ3n) is 3.64. The number of nitrogens with one attached hydrogen (secondary N) is 1. The van der Waals surface area contributed by atoms with E-state index < -0.39 is 12.2 Å². The lowest BCUT2D eigenvalue weighted by Crippen LogP contribution is -2.31. The van der Waals surface area contributed by atoms with E-state index in [0.717, 1.165) is 15.6 Å². The zero-order valence-electron chi connectivity index (χ0n) is 13.2. The van der Waals surface area contributed by atoms with Gasteiger partial charge in [-0.15, -0.1) is 0 Å². The summed E-state index contributed by atoms with van der Waals surface area (Å²) in [4.78, 5) is 11.6. The van der Waals surface area contributed by atoms with Crippen LogP contribution in [-0.2, 0) is 4.74 Å². The number of rotatable bonds is 6. The molecule has 0 bridgehead atoms. The van der Waals surface area contributed by atoms with Gasteiger partial charge in [0.05, 0.1) is 17.7 Å². The highest BCUT2D eigenvalue weighted by molar-refractivity contribution is 9.10. The molecule has 2 aromatic rings. The van der Waals surface area contributed by atoms with E-state index in [-0.39, 0.29) is 12.5 Å². The Balaban J connectivity index is 2.26. The average Bonchev–Trinajstić information content (AvgIpc) is 2.59. The predicted molar refractivity (Wildman–Crippen MR) is 98.3 cm³/mol. The van der Waals surface area contributed by atoms with Crippen LogP contribution in [0.1, 0.15) is 30.1 Å². The highest BCUT2D eigenvalue weighted by atomic mass is 79.9. The summed E-state index contributed by atoms with van der Waals surface area (Å²) in [5, 5.41) is 14.0. The number of hydrogen-bond acceptors (Lipinski definition) is 3. The Morgan fingerprint density at radius 3 is 2.58 bits per heavy atom. The second-order valence-corrected chi connectivity index (χ2v) is 6.50. The van der Waals surface area contributed by atoms with E-state index in [4.69, 9.17) is 16.3 Å². The first-order chi connectivity index (χ1) is 11.5. The molecule has 0 radical (unpaired) electrons. The highest BCUT2D eigenvalue weighted by Crippen LogP contribution is 2.34. The maximum absolute atomic E-state index is 11.6. The van der Waals surface area contributed by atoms with Gasteiger partial charge >= 0.3 is 6.09 Å². The number of aliphatic hydroxyl groups excluding tert-OH is 1. The van der Waals surface area contributed by atoms with Gasteiger partial charge in [-0.3, -0.25) is 0 Å².